The second-order valence-corrected chi connectivity index (χ2v) is 9.27. The van der Waals surface area contributed by atoms with Gasteiger partial charge in [-0.1, -0.05) is 25.1 Å². The van der Waals surface area contributed by atoms with Crippen LogP contribution in [-0.4, -0.2) is 56.0 Å². The molecule has 0 unspecified atom stereocenters. The number of hydrogen-bond acceptors (Lipinski definition) is 6. The highest BCUT2D eigenvalue weighted by atomic mass is 32.2. The number of hydrogen-bond donors (Lipinski definition) is 0. The molecule has 2 aliphatic rings. The van der Waals surface area contributed by atoms with Gasteiger partial charge in [0.1, 0.15) is 6.54 Å². The Hall–Kier alpha value is -3.40. The van der Waals surface area contributed by atoms with Crippen LogP contribution in [0.4, 0.5) is 10.5 Å². The lowest BCUT2D eigenvalue weighted by Crippen LogP contribution is -2.45. The molecular formula is C23H24N4O5S. The number of nitro groups is 1. The summed E-state index contributed by atoms with van der Waals surface area (Å²) >= 11 is 0.798. The third kappa shape index (κ3) is 5.00. The predicted octanol–water partition coefficient (Wildman–Crippen LogP) is 3.74. The number of imide groups is 1. The molecule has 2 aliphatic heterocycles. The van der Waals surface area contributed by atoms with Crippen LogP contribution >= 0.6 is 11.8 Å². The van der Waals surface area contributed by atoms with Crippen molar-refractivity contribution in [1.82, 2.24) is 14.4 Å². The highest BCUT2D eigenvalue weighted by Gasteiger charge is 2.37. The van der Waals surface area contributed by atoms with Crippen LogP contribution in [0.1, 0.15) is 31.0 Å². The first-order valence-corrected chi connectivity index (χ1v) is 11.6. The number of piperidine rings is 1. The maximum absolute atomic E-state index is 12.9. The smallest absolute Gasteiger partial charge is 0.294 e. The number of carbonyl (C=O) groups is 3. The van der Waals surface area contributed by atoms with Gasteiger partial charge in [0.15, 0.2) is 0 Å². The predicted molar refractivity (Wildman–Crippen MR) is 124 cm³/mol. The van der Waals surface area contributed by atoms with Gasteiger partial charge >= 0.3 is 0 Å². The zero-order valence-electron chi connectivity index (χ0n) is 18.2. The Morgan fingerprint density at radius 1 is 1.18 bits per heavy atom. The molecule has 0 spiro atoms. The third-order valence-corrected chi connectivity index (χ3v) is 6.88. The number of aromatic nitrogens is 1. The minimum Gasteiger partial charge on any atom is -0.343 e. The Balaban J connectivity index is 1.48. The quantitative estimate of drug-likeness (QED) is 0.363. The summed E-state index contributed by atoms with van der Waals surface area (Å²) in [6.07, 6.45) is 5.19. The van der Waals surface area contributed by atoms with E-state index >= 15 is 0 Å². The minimum absolute atomic E-state index is 0.0168. The maximum Gasteiger partial charge on any atom is 0.294 e. The Morgan fingerprint density at radius 3 is 2.64 bits per heavy atom. The van der Waals surface area contributed by atoms with Crippen molar-refractivity contribution in [3.8, 4) is 0 Å². The topological polar surface area (TPSA) is 106 Å². The van der Waals surface area contributed by atoms with Crippen LogP contribution in [0.25, 0.3) is 6.08 Å². The normalized spacial score (nSPS) is 18.4. The summed E-state index contributed by atoms with van der Waals surface area (Å²) in [5.41, 5.74) is 1.18. The molecule has 3 amide bonds. The Bertz CT molecular complexity index is 1130. The van der Waals surface area contributed by atoms with Crippen molar-refractivity contribution >= 4 is 40.6 Å². The lowest BCUT2D eigenvalue weighted by molar-refractivity contribution is -0.385. The van der Waals surface area contributed by atoms with Crippen LogP contribution in [0.3, 0.4) is 0 Å². The lowest BCUT2D eigenvalue weighted by Gasteiger charge is -2.31. The minimum atomic E-state index is -0.498. The van der Waals surface area contributed by atoms with Gasteiger partial charge in [-0.25, -0.2) is 0 Å². The summed E-state index contributed by atoms with van der Waals surface area (Å²) in [5.74, 6) is -0.143. The fraction of sp³-hybridized carbons (Fsp3) is 0.348. The second-order valence-electron chi connectivity index (χ2n) is 8.28. The van der Waals surface area contributed by atoms with Gasteiger partial charge in [0, 0.05) is 36.6 Å². The van der Waals surface area contributed by atoms with Crippen LogP contribution in [-0.2, 0) is 16.1 Å². The molecule has 1 aromatic heterocycles. The number of amides is 3. The lowest BCUT2D eigenvalue weighted by atomic mass is 9.99. The van der Waals surface area contributed by atoms with Gasteiger partial charge in [0.2, 0.25) is 5.91 Å². The van der Waals surface area contributed by atoms with Gasteiger partial charge in [-0.2, -0.15) is 0 Å². The second kappa shape index (κ2) is 9.62. The molecule has 4 rings (SSSR count). The number of thioether (sulfide) groups is 1. The van der Waals surface area contributed by atoms with Gasteiger partial charge in [0.25, 0.3) is 16.8 Å². The molecule has 10 heteroatoms. The molecule has 0 aliphatic carbocycles. The monoisotopic (exact) mass is 468 g/mol. The van der Waals surface area contributed by atoms with Crippen molar-refractivity contribution in [2.45, 2.75) is 26.3 Å². The largest absolute Gasteiger partial charge is 0.343 e. The zero-order valence-corrected chi connectivity index (χ0v) is 19.0. The van der Waals surface area contributed by atoms with Crippen molar-refractivity contribution in [1.29, 1.82) is 0 Å². The fourth-order valence-corrected chi connectivity index (χ4v) is 4.80. The first-order chi connectivity index (χ1) is 15.8. The molecular weight excluding hydrogens is 444 g/mol. The number of likely N-dealkylation sites (tertiary alicyclic amines) is 1. The summed E-state index contributed by atoms with van der Waals surface area (Å²) < 4.78 is 1.77. The molecule has 9 nitrogen and oxygen atoms in total. The molecule has 33 heavy (non-hydrogen) atoms. The number of para-hydroxylation sites is 1. The standard InChI is InChI=1S/C23H24N4O5S/c1-16-8-11-24(12-9-16)21(28)15-26-22(29)20(33-23(26)30)13-18-6-4-10-25(18)14-17-5-2-3-7-19(17)27(31)32/h2-7,10,13,16H,8-9,11-12,14-15H2,1H3. The number of benzene rings is 1. The van der Waals surface area contributed by atoms with Gasteiger partial charge in [-0.05, 0) is 48.7 Å². The molecule has 0 saturated carbocycles. The van der Waals surface area contributed by atoms with Crippen LogP contribution in [0, 0.1) is 16.0 Å². The van der Waals surface area contributed by atoms with E-state index in [1.807, 2.05) is 0 Å². The van der Waals surface area contributed by atoms with Crippen molar-refractivity contribution < 1.29 is 19.3 Å². The molecule has 0 N–H and O–H groups in total. The molecule has 2 saturated heterocycles. The van der Waals surface area contributed by atoms with Crippen LogP contribution in [0.15, 0.2) is 47.5 Å². The van der Waals surface area contributed by atoms with E-state index in [4.69, 9.17) is 0 Å². The van der Waals surface area contributed by atoms with E-state index in [0.29, 0.717) is 30.3 Å². The average molecular weight is 469 g/mol. The summed E-state index contributed by atoms with van der Waals surface area (Å²) in [6.45, 7) is 3.42. The molecule has 1 aromatic carbocycles. The van der Waals surface area contributed by atoms with Gasteiger partial charge in [-0.3, -0.25) is 29.4 Å². The Kier molecular flexibility index (Phi) is 6.64. The number of nitro benzene ring substituents is 1. The summed E-state index contributed by atoms with van der Waals surface area (Å²) in [6, 6.07) is 10.0. The summed E-state index contributed by atoms with van der Waals surface area (Å²) in [4.78, 5) is 51.8. The molecule has 0 radical (unpaired) electrons. The SMILES string of the molecule is CC1CCN(C(=O)CN2C(=O)SC(=Cc3cccn3Cc3ccccc3[N+](=O)[O-])C2=O)CC1. The maximum atomic E-state index is 12.9. The van der Waals surface area contributed by atoms with E-state index in [9.17, 15) is 24.5 Å². The zero-order chi connectivity index (χ0) is 23.5. The molecule has 0 atom stereocenters. The number of rotatable bonds is 6. The van der Waals surface area contributed by atoms with Crippen molar-refractivity contribution in [2.75, 3.05) is 19.6 Å². The highest BCUT2D eigenvalue weighted by molar-refractivity contribution is 8.18. The van der Waals surface area contributed by atoms with E-state index in [0.717, 1.165) is 29.5 Å². The van der Waals surface area contributed by atoms with Crippen molar-refractivity contribution in [3.05, 3.63) is 68.9 Å². The van der Waals surface area contributed by atoms with E-state index in [1.54, 1.807) is 52.1 Å². The van der Waals surface area contributed by atoms with Gasteiger partial charge < -0.3 is 9.47 Å². The fourth-order valence-electron chi connectivity index (χ4n) is 3.97. The van der Waals surface area contributed by atoms with Crippen molar-refractivity contribution in [3.63, 3.8) is 0 Å². The molecule has 172 valence electrons. The van der Waals surface area contributed by atoms with Crippen LogP contribution in [0.5, 0.6) is 0 Å². The van der Waals surface area contributed by atoms with Gasteiger partial charge in [-0.15, -0.1) is 0 Å². The van der Waals surface area contributed by atoms with Crippen LogP contribution < -0.4 is 0 Å². The number of nitrogens with zero attached hydrogens (tertiary/aromatic N) is 4. The average Bonchev–Trinajstić information content (AvgIpc) is 3.33. The first-order valence-electron chi connectivity index (χ1n) is 10.7. The van der Waals surface area contributed by atoms with E-state index in [2.05, 4.69) is 6.92 Å². The van der Waals surface area contributed by atoms with Gasteiger partial charge in [0.05, 0.1) is 16.4 Å². The van der Waals surface area contributed by atoms with E-state index in [-0.39, 0.29) is 29.6 Å². The molecule has 2 fully saturated rings. The Morgan fingerprint density at radius 2 is 1.91 bits per heavy atom. The highest BCUT2D eigenvalue weighted by Crippen LogP contribution is 2.32. The summed E-state index contributed by atoms with van der Waals surface area (Å²) in [7, 11) is 0. The van der Waals surface area contributed by atoms with E-state index in [1.165, 1.54) is 6.07 Å². The third-order valence-electron chi connectivity index (χ3n) is 5.98. The first kappa shape index (κ1) is 22.8. The van der Waals surface area contributed by atoms with Crippen molar-refractivity contribution in [2.24, 2.45) is 5.92 Å². The molecule has 2 aromatic rings. The molecule has 3 heterocycles. The molecule has 0 bridgehead atoms. The number of carbonyl (C=O) groups excluding carboxylic acids is 3. The Labute approximate surface area is 195 Å². The van der Waals surface area contributed by atoms with E-state index < -0.39 is 16.1 Å². The van der Waals surface area contributed by atoms with Crippen LogP contribution in [0.2, 0.25) is 0 Å². The summed E-state index contributed by atoms with van der Waals surface area (Å²) in [5, 5.41) is 10.8.